The van der Waals surface area contributed by atoms with Crippen molar-refractivity contribution in [3.8, 4) is 11.5 Å². The predicted molar refractivity (Wildman–Crippen MR) is 92.0 cm³/mol. The van der Waals surface area contributed by atoms with Crippen LogP contribution in [0.2, 0.25) is 0 Å². The van der Waals surface area contributed by atoms with Crippen molar-refractivity contribution < 1.29 is 15.0 Å². The van der Waals surface area contributed by atoms with E-state index in [1.165, 1.54) is 12.1 Å². The molecule has 0 spiro atoms. The van der Waals surface area contributed by atoms with Gasteiger partial charge in [0.2, 0.25) is 0 Å². The molecule has 120 valence electrons. The zero-order valence-corrected chi connectivity index (χ0v) is 13.5. The summed E-state index contributed by atoms with van der Waals surface area (Å²) in [6, 6.07) is 12.7. The first kappa shape index (κ1) is 16.8. The number of hydrogen-bond acceptors (Lipinski definition) is 3. The minimum atomic E-state index is -0.121. The topological polar surface area (TPSA) is 57.5 Å². The van der Waals surface area contributed by atoms with E-state index in [1.54, 1.807) is 0 Å². The van der Waals surface area contributed by atoms with E-state index in [4.69, 9.17) is 0 Å². The van der Waals surface area contributed by atoms with Crippen LogP contribution in [0.1, 0.15) is 41.8 Å². The molecule has 2 N–H and O–H groups in total. The summed E-state index contributed by atoms with van der Waals surface area (Å²) in [5.41, 5.74) is 2.85. The SMILES string of the molecule is CC(C)=CCc1c(O)ccc(C(=O)CCc2ccccc2)c1O. The number of phenols is 2. The summed E-state index contributed by atoms with van der Waals surface area (Å²) in [6.07, 6.45) is 3.26. The number of aryl methyl sites for hydroxylation is 1. The van der Waals surface area contributed by atoms with Crippen molar-refractivity contribution >= 4 is 5.78 Å². The maximum Gasteiger partial charge on any atom is 0.166 e. The van der Waals surface area contributed by atoms with Crippen molar-refractivity contribution in [2.45, 2.75) is 33.1 Å². The Bertz CT molecular complexity index is 711. The molecule has 0 atom stereocenters. The van der Waals surface area contributed by atoms with Crippen LogP contribution in [0.25, 0.3) is 0 Å². The van der Waals surface area contributed by atoms with E-state index in [-0.39, 0.29) is 22.8 Å². The van der Waals surface area contributed by atoms with Crippen LogP contribution in [0.15, 0.2) is 54.1 Å². The largest absolute Gasteiger partial charge is 0.508 e. The summed E-state index contributed by atoms with van der Waals surface area (Å²) >= 11 is 0. The van der Waals surface area contributed by atoms with Crippen LogP contribution in [0.3, 0.4) is 0 Å². The Morgan fingerprint density at radius 1 is 1.04 bits per heavy atom. The van der Waals surface area contributed by atoms with Gasteiger partial charge in [-0.2, -0.15) is 0 Å². The van der Waals surface area contributed by atoms with Gasteiger partial charge in [-0.05, 0) is 44.4 Å². The summed E-state index contributed by atoms with van der Waals surface area (Å²) in [6.45, 7) is 3.89. The van der Waals surface area contributed by atoms with Crippen LogP contribution >= 0.6 is 0 Å². The Morgan fingerprint density at radius 3 is 2.39 bits per heavy atom. The Hall–Kier alpha value is -2.55. The zero-order chi connectivity index (χ0) is 16.8. The minimum absolute atomic E-state index is 0.0135. The monoisotopic (exact) mass is 310 g/mol. The second kappa shape index (κ2) is 7.63. The molecule has 2 aromatic carbocycles. The average Bonchev–Trinajstić information content (AvgIpc) is 2.53. The summed E-state index contributed by atoms with van der Waals surface area (Å²) in [5.74, 6) is -0.218. The number of ketones is 1. The number of carbonyl (C=O) groups is 1. The molecule has 2 aromatic rings. The Labute approximate surface area is 136 Å². The molecule has 0 saturated heterocycles. The number of benzene rings is 2. The predicted octanol–water partition coefficient (Wildman–Crippen LogP) is 4.42. The molecular weight excluding hydrogens is 288 g/mol. The molecule has 0 fully saturated rings. The molecular formula is C20H22O3. The summed E-state index contributed by atoms with van der Waals surface area (Å²) in [7, 11) is 0. The standard InChI is InChI=1S/C20H22O3/c1-14(2)8-10-16-19(22)13-11-17(20(16)23)18(21)12-9-15-6-4-3-5-7-15/h3-8,11,13,22-23H,9-10,12H2,1-2H3. The van der Waals surface area contributed by atoms with Gasteiger partial charge < -0.3 is 10.2 Å². The number of aromatic hydroxyl groups is 2. The zero-order valence-electron chi connectivity index (χ0n) is 13.5. The van der Waals surface area contributed by atoms with Gasteiger partial charge in [-0.25, -0.2) is 0 Å². The van der Waals surface area contributed by atoms with E-state index in [9.17, 15) is 15.0 Å². The number of allylic oxidation sites excluding steroid dienone is 2. The van der Waals surface area contributed by atoms with Crippen LogP contribution in [0, 0.1) is 0 Å². The lowest BCUT2D eigenvalue weighted by Gasteiger charge is -2.10. The molecule has 0 aromatic heterocycles. The molecule has 0 aliphatic carbocycles. The average molecular weight is 310 g/mol. The van der Waals surface area contributed by atoms with Crippen molar-refractivity contribution in [3.05, 3.63) is 70.8 Å². The van der Waals surface area contributed by atoms with E-state index in [1.807, 2.05) is 50.3 Å². The fourth-order valence-corrected chi connectivity index (χ4v) is 2.40. The van der Waals surface area contributed by atoms with Gasteiger partial charge >= 0.3 is 0 Å². The Morgan fingerprint density at radius 2 is 1.74 bits per heavy atom. The minimum Gasteiger partial charge on any atom is -0.508 e. The van der Waals surface area contributed by atoms with E-state index in [0.717, 1.165) is 11.1 Å². The molecule has 0 saturated carbocycles. The van der Waals surface area contributed by atoms with Gasteiger partial charge in [-0.1, -0.05) is 42.0 Å². The van der Waals surface area contributed by atoms with Crippen molar-refractivity contribution in [2.75, 3.05) is 0 Å². The van der Waals surface area contributed by atoms with E-state index in [0.29, 0.717) is 24.8 Å². The lowest BCUT2D eigenvalue weighted by molar-refractivity contribution is 0.0980. The third kappa shape index (κ3) is 4.46. The fourth-order valence-electron chi connectivity index (χ4n) is 2.40. The number of Topliss-reactive ketones (excluding diaryl/α,β-unsaturated/α-hetero) is 1. The van der Waals surface area contributed by atoms with Crippen LogP contribution in [0.5, 0.6) is 11.5 Å². The number of carbonyl (C=O) groups excluding carboxylic acids is 1. The highest BCUT2D eigenvalue weighted by atomic mass is 16.3. The van der Waals surface area contributed by atoms with Crippen LogP contribution in [0.4, 0.5) is 0 Å². The molecule has 0 aliphatic rings. The molecule has 0 aliphatic heterocycles. The first-order valence-corrected chi connectivity index (χ1v) is 7.73. The summed E-state index contributed by atoms with van der Waals surface area (Å²) in [5, 5.41) is 20.3. The van der Waals surface area contributed by atoms with Gasteiger partial charge in [-0.3, -0.25) is 4.79 Å². The molecule has 3 heteroatoms. The first-order valence-electron chi connectivity index (χ1n) is 7.73. The number of phenolic OH excluding ortho intramolecular Hbond substituents is 2. The van der Waals surface area contributed by atoms with Gasteiger partial charge in [0.1, 0.15) is 11.5 Å². The fraction of sp³-hybridized carbons (Fsp3) is 0.250. The van der Waals surface area contributed by atoms with Crippen LogP contribution in [-0.4, -0.2) is 16.0 Å². The summed E-state index contributed by atoms with van der Waals surface area (Å²) in [4.78, 5) is 12.4. The van der Waals surface area contributed by atoms with Crippen molar-refractivity contribution in [3.63, 3.8) is 0 Å². The van der Waals surface area contributed by atoms with Crippen molar-refractivity contribution in [1.29, 1.82) is 0 Å². The van der Waals surface area contributed by atoms with Crippen LogP contribution in [-0.2, 0) is 12.8 Å². The summed E-state index contributed by atoms with van der Waals surface area (Å²) < 4.78 is 0. The third-order valence-electron chi connectivity index (χ3n) is 3.76. The molecule has 0 amide bonds. The second-order valence-electron chi connectivity index (χ2n) is 5.85. The van der Waals surface area contributed by atoms with E-state index in [2.05, 4.69) is 0 Å². The van der Waals surface area contributed by atoms with Gasteiger partial charge in [-0.15, -0.1) is 0 Å². The Kier molecular flexibility index (Phi) is 5.58. The number of hydrogen-bond donors (Lipinski definition) is 2. The maximum absolute atomic E-state index is 12.4. The van der Waals surface area contributed by atoms with Crippen molar-refractivity contribution in [1.82, 2.24) is 0 Å². The van der Waals surface area contributed by atoms with E-state index >= 15 is 0 Å². The quantitative estimate of drug-likeness (QED) is 0.613. The molecule has 23 heavy (non-hydrogen) atoms. The van der Waals surface area contributed by atoms with Crippen LogP contribution < -0.4 is 0 Å². The highest BCUT2D eigenvalue weighted by Gasteiger charge is 2.16. The molecule has 3 nitrogen and oxygen atoms in total. The molecule has 0 unspecified atom stereocenters. The second-order valence-corrected chi connectivity index (χ2v) is 5.85. The first-order chi connectivity index (χ1) is 11.0. The maximum atomic E-state index is 12.4. The third-order valence-corrected chi connectivity index (χ3v) is 3.76. The van der Waals surface area contributed by atoms with Gasteiger partial charge in [0.15, 0.2) is 5.78 Å². The van der Waals surface area contributed by atoms with E-state index < -0.39 is 0 Å². The highest BCUT2D eigenvalue weighted by Crippen LogP contribution is 2.32. The molecule has 0 radical (unpaired) electrons. The molecule has 0 bridgehead atoms. The smallest absolute Gasteiger partial charge is 0.166 e. The normalized spacial score (nSPS) is 10.3. The lowest BCUT2D eigenvalue weighted by atomic mass is 9.98. The van der Waals surface area contributed by atoms with Gasteiger partial charge in [0.05, 0.1) is 5.56 Å². The highest BCUT2D eigenvalue weighted by molar-refractivity contribution is 5.99. The van der Waals surface area contributed by atoms with Crippen molar-refractivity contribution in [2.24, 2.45) is 0 Å². The molecule has 0 heterocycles. The number of rotatable bonds is 6. The molecule has 2 rings (SSSR count). The Balaban J connectivity index is 2.17. The lowest BCUT2D eigenvalue weighted by Crippen LogP contribution is -2.03. The van der Waals surface area contributed by atoms with Gasteiger partial charge in [0, 0.05) is 12.0 Å². The van der Waals surface area contributed by atoms with Gasteiger partial charge in [0.25, 0.3) is 0 Å².